The molecule has 4 unspecified atom stereocenters. The summed E-state index contributed by atoms with van der Waals surface area (Å²) in [6.45, 7) is 11.8. The van der Waals surface area contributed by atoms with Crippen molar-refractivity contribution in [3.63, 3.8) is 0 Å². The topological polar surface area (TPSA) is 0 Å². The lowest BCUT2D eigenvalue weighted by Gasteiger charge is -2.39. The summed E-state index contributed by atoms with van der Waals surface area (Å²) < 4.78 is 0. The van der Waals surface area contributed by atoms with E-state index in [-0.39, 0.29) is 10.8 Å². The number of hydrogen-bond acceptors (Lipinski definition) is 0. The predicted octanol–water partition coefficient (Wildman–Crippen LogP) is 13.1. The van der Waals surface area contributed by atoms with Gasteiger partial charge in [0.15, 0.2) is 0 Å². The van der Waals surface area contributed by atoms with Crippen LogP contribution >= 0.6 is 0 Å². The van der Waals surface area contributed by atoms with Crippen LogP contribution in [0.2, 0.25) is 0 Å². The van der Waals surface area contributed by atoms with Crippen LogP contribution in [0.4, 0.5) is 0 Å². The van der Waals surface area contributed by atoms with Gasteiger partial charge in [0.1, 0.15) is 0 Å². The molecule has 7 aliphatic carbocycles. The van der Waals surface area contributed by atoms with Crippen molar-refractivity contribution in [1.82, 2.24) is 0 Å². The highest BCUT2D eigenvalue weighted by Gasteiger charge is 2.40. The van der Waals surface area contributed by atoms with Crippen LogP contribution in [0.5, 0.6) is 0 Å². The van der Waals surface area contributed by atoms with E-state index in [4.69, 9.17) is 0 Å². The molecule has 0 radical (unpaired) electrons. The molecule has 0 nitrogen and oxygen atoms in total. The third-order valence-corrected chi connectivity index (χ3v) is 13.2. The first-order valence-corrected chi connectivity index (χ1v) is 18.8. The number of benzene rings is 4. The molecule has 0 amide bonds. The van der Waals surface area contributed by atoms with Crippen LogP contribution in [-0.2, 0) is 5.41 Å². The monoisotopic (exact) mass is 654 g/mol. The molecule has 246 valence electrons. The second-order valence-electron chi connectivity index (χ2n) is 17.3. The Morgan fingerprint density at radius 2 is 1.27 bits per heavy atom. The molecule has 4 atom stereocenters. The zero-order valence-electron chi connectivity index (χ0n) is 30.1. The molecular formula is C51H42. The molecule has 0 heterocycles. The van der Waals surface area contributed by atoms with Crippen LogP contribution in [-0.4, -0.2) is 0 Å². The van der Waals surface area contributed by atoms with Crippen molar-refractivity contribution < 1.29 is 0 Å². The van der Waals surface area contributed by atoms with Crippen LogP contribution in [0.3, 0.4) is 0 Å². The SMILES string of the molecule is CC(C)(C)C1=CC2C=Cc3ccc(-c4ccc5c(c4)C(C)(C)c4cc(C6=CC=C7C=Cc8cccc9c8C7C6C=C9)ccc4-5)c4c3C2C(=C1)C=C4. The number of hydrogen-bond donors (Lipinski definition) is 0. The van der Waals surface area contributed by atoms with Crippen molar-refractivity contribution in [2.24, 2.45) is 17.3 Å². The largest absolute Gasteiger partial charge is 0.0760 e. The van der Waals surface area contributed by atoms with E-state index in [9.17, 15) is 0 Å². The Morgan fingerprint density at radius 3 is 2.08 bits per heavy atom. The summed E-state index contributed by atoms with van der Waals surface area (Å²) in [6, 6.07) is 26.0. The van der Waals surface area contributed by atoms with E-state index in [1.807, 2.05) is 0 Å². The summed E-state index contributed by atoms with van der Waals surface area (Å²) in [5.41, 5.74) is 23.9. The summed E-state index contributed by atoms with van der Waals surface area (Å²) in [6.07, 6.45) is 28.8. The lowest BCUT2D eigenvalue weighted by Crippen LogP contribution is -2.24. The van der Waals surface area contributed by atoms with E-state index >= 15 is 0 Å². The molecule has 11 rings (SSSR count). The van der Waals surface area contributed by atoms with Crippen molar-refractivity contribution in [2.45, 2.75) is 51.9 Å². The Kier molecular flexibility index (Phi) is 5.78. The van der Waals surface area contributed by atoms with Crippen molar-refractivity contribution in [2.75, 3.05) is 0 Å². The Labute approximate surface area is 302 Å². The van der Waals surface area contributed by atoms with Crippen molar-refractivity contribution in [1.29, 1.82) is 0 Å². The fourth-order valence-electron chi connectivity index (χ4n) is 10.5. The van der Waals surface area contributed by atoms with Gasteiger partial charge < -0.3 is 0 Å². The van der Waals surface area contributed by atoms with Gasteiger partial charge in [-0.2, -0.15) is 0 Å². The van der Waals surface area contributed by atoms with Crippen molar-refractivity contribution in [3.8, 4) is 22.3 Å². The summed E-state index contributed by atoms with van der Waals surface area (Å²) in [7, 11) is 0. The molecule has 7 aliphatic rings. The van der Waals surface area contributed by atoms with Gasteiger partial charge in [0, 0.05) is 29.1 Å². The lowest BCUT2D eigenvalue weighted by molar-refractivity contribution is 0.499. The van der Waals surface area contributed by atoms with Gasteiger partial charge in [-0.25, -0.2) is 0 Å². The van der Waals surface area contributed by atoms with Crippen LogP contribution in [0.25, 0.3) is 52.1 Å². The average Bonchev–Trinajstić information content (AvgIpc) is 3.37. The molecule has 0 spiro atoms. The minimum absolute atomic E-state index is 0.106. The van der Waals surface area contributed by atoms with Gasteiger partial charge in [-0.05, 0) is 112 Å². The molecule has 51 heavy (non-hydrogen) atoms. The Balaban J connectivity index is 0.976. The maximum Gasteiger partial charge on any atom is 0.0205 e. The first-order valence-electron chi connectivity index (χ1n) is 18.8. The molecule has 0 aliphatic heterocycles. The molecule has 0 N–H and O–H groups in total. The van der Waals surface area contributed by atoms with E-state index < -0.39 is 0 Å². The molecule has 4 aromatic carbocycles. The fraction of sp³-hybridized carbons (Fsp3) is 0.216. The third-order valence-electron chi connectivity index (χ3n) is 13.2. The Bertz CT molecular complexity index is 2530. The maximum atomic E-state index is 2.53. The lowest BCUT2D eigenvalue weighted by atomic mass is 9.65. The second kappa shape index (κ2) is 9.98. The van der Waals surface area contributed by atoms with E-state index in [0.717, 1.165) is 0 Å². The molecule has 0 saturated carbocycles. The zero-order chi connectivity index (χ0) is 34.4. The van der Waals surface area contributed by atoms with E-state index in [1.54, 1.807) is 0 Å². The Hall–Kier alpha value is -5.20. The van der Waals surface area contributed by atoms with E-state index in [1.165, 1.54) is 94.6 Å². The van der Waals surface area contributed by atoms with Crippen LogP contribution in [0, 0.1) is 17.3 Å². The molecule has 0 aromatic heterocycles. The maximum absolute atomic E-state index is 2.53. The van der Waals surface area contributed by atoms with Gasteiger partial charge >= 0.3 is 0 Å². The molecular weight excluding hydrogens is 613 g/mol. The quantitative estimate of drug-likeness (QED) is 0.202. The number of fused-ring (bicyclic) bond motifs is 3. The van der Waals surface area contributed by atoms with E-state index in [2.05, 4.69) is 174 Å². The predicted molar refractivity (Wildman–Crippen MR) is 216 cm³/mol. The van der Waals surface area contributed by atoms with Crippen LogP contribution in [0.1, 0.15) is 96.5 Å². The summed E-state index contributed by atoms with van der Waals surface area (Å²) in [5.74, 6) is 1.54. The van der Waals surface area contributed by atoms with Gasteiger partial charge in [0.2, 0.25) is 0 Å². The molecule has 4 aromatic rings. The van der Waals surface area contributed by atoms with Gasteiger partial charge in [0.25, 0.3) is 0 Å². The van der Waals surface area contributed by atoms with Gasteiger partial charge in [-0.3, -0.25) is 0 Å². The third kappa shape index (κ3) is 4.02. The van der Waals surface area contributed by atoms with Crippen molar-refractivity contribution >= 4 is 29.9 Å². The smallest absolute Gasteiger partial charge is 0.0205 e. The van der Waals surface area contributed by atoms with E-state index in [0.29, 0.717) is 23.7 Å². The molecule has 0 bridgehead atoms. The molecule has 0 fully saturated rings. The van der Waals surface area contributed by atoms with Crippen molar-refractivity contribution in [3.05, 3.63) is 182 Å². The second-order valence-corrected chi connectivity index (χ2v) is 17.3. The van der Waals surface area contributed by atoms with Crippen LogP contribution in [0.15, 0.2) is 132 Å². The Morgan fingerprint density at radius 1 is 0.588 bits per heavy atom. The first kappa shape index (κ1) is 29.5. The summed E-state index contributed by atoms with van der Waals surface area (Å²) >= 11 is 0. The zero-order valence-corrected chi connectivity index (χ0v) is 30.1. The summed E-state index contributed by atoms with van der Waals surface area (Å²) in [4.78, 5) is 0. The van der Waals surface area contributed by atoms with Crippen LogP contribution < -0.4 is 0 Å². The minimum atomic E-state index is -0.106. The van der Waals surface area contributed by atoms with Gasteiger partial charge in [-0.15, -0.1) is 0 Å². The highest BCUT2D eigenvalue weighted by Crippen LogP contribution is 2.56. The average molecular weight is 655 g/mol. The molecule has 0 saturated heterocycles. The number of allylic oxidation sites excluding steroid dienone is 12. The number of rotatable bonds is 2. The highest BCUT2D eigenvalue weighted by molar-refractivity contribution is 5.90. The van der Waals surface area contributed by atoms with Gasteiger partial charge in [-0.1, -0.05) is 162 Å². The summed E-state index contributed by atoms with van der Waals surface area (Å²) in [5, 5.41) is 0. The fourth-order valence-corrected chi connectivity index (χ4v) is 10.5. The minimum Gasteiger partial charge on any atom is -0.0760 e. The molecule has 0 heteroatoms. The highest BCUT2D eigenvalue weighted by atomic mass is 14.4. The normalized spacial score (nSPS) is 24.5. The van der Waals surface area contributed by atoms with Gasteiger partial charge in [0.05, 0.1) is 0 Å². The first-order chi connectivity index (χ1) is 24.6. The standard InChI is InChI=1S/C51H42/c1-50(2,3)37-25-35-12-11-32-14-20-39(43-24-18-36(26-37)47(35)49(32)43)34-17-22-41-40-21-16-33(27-44(40)51(4,5)45(41)28-34)38-19-13-31-10-9-29-7-6-8-30-15-23-42(38)48(31)46(29)30/h6-28,35,42,47-48H,1-5H3.